The first-order valence-corrected chi connectivity index (χ1v) is 9.89. The molecule has 1 aliphatic rings. The fourth-order valence-electron chi connectivity index (χ4n) is 3.03. The van der Waals surface area contributed by atoms with Gasteiger partial charge in [0.15, 0.2) is 5.82 Å². The molecule has 1 amide bonds. The summed E-state index contributed by atoms with van der Waals surface area (Å²) in [5.41, 5.74) is 1.86. The van der Waals surface area contributed by atoms with Crippen LogP contribution in [0.2, 0.25) is 0 Å². The average molecular weight is 425 g/mol. The molecule has 30 heavy (non-hydrogen) atoms. The van der Waals surface area contributed by atoms with Crippen LogP contribution in [0.25, 0.3) is 0 Å². The molecule has 10 heteroatoms. The Balaban J connectivity index is 1.87. The number of amides is 1. The number of carbonyl (C=O) groups is 2. The molecule has 2 N–H and O–H groups in total. The normalized spacial score (nSPS) is 16.0. The third-order valence-electron chi connectivity index (χ3n) is 4.31. The third-order valence-corrected chi connectivity index (χ3v) is 5.33. The van der Waals surface area contributed by atoms with Gasteiger partial charge in [-0.1, -0.05) is 23.0 Å². The number of pyridine rings is 1. The molecule has 0 aliphatic carbocycles. The summed E-state index contributed by atoms with van der Waals surface area (Å²) >= 11 is 1.16. The zero-order valence-corrected chi connectivity index (χ0v) is 17.4. The molecule has 1 aliphatic heterocycles. The number of anilines is 1. The predicted molar refractivity (Wildman–Crippen MR) is 110 cm³/mol. The Morgan fingerprint density at radius 2 is 2.23 bits per heavy atom. The van der Waals surface area contributed by atoms with Crippen LogP contribution in [0.4, 0.5) is 5.82 Å². The molecular weight excluding hydrogens is 406 g/mol. The van der Waals surface area contributed by atoms with E-state index in [1.165, 1.54) is 7.11 Å². The maximum Gasteiger partial charge on any atom is 0.336 e. The van der Waals surface area contributed by atoms with Gasteiger partial charge in [-0.2, -0.15) is 5.26 Å². The smallest absolute Gasteiger partial charge is 0.336 e. The number of thioether (sulfide) groups is 1. The zero-order chi connectivity index (χ0) is 21.7. The molecule has 154 valence electrons. The second-order valence-electron chi connectivity index (χ2n) is 6.39. The highest BCUT2D eigenvalue weighted by Crippen LogP contribution is 2.40. The highest BCUT2D eigenvalue weighted by molar-refractivity contribution is 8.03. The Bertz CT molecular complexity index is 1070. The van der Waals surface area contributed by atoms with Gasteiger partial charge in [0, 0.05) is 24.2 Å². The van der Waals surface area contributed by atoms with E-state index in [9.17, 15) is 14.9 Å². The maximum absolute atomic E-state index is 12.4. The predicted octanol–water partition coefficient (Wildman–Crippen LogP) is 2.62. The van der Waals surface area contributed by atoms with E-state index < -0.39 is 11.9 Å². The molecular formula is C20H19N5O4S. The summed E-state index contributed by atoms with van der Waals surface area (Å²) in [7, 11) is 1.29. The van der Waals surface area contributed by atoms with E-state index in [-0.39, 0.29) is 11.7 Å². The molecule has 0 saturated heterocycles. The van der Waals surface area contributed by atoms with Gasteiger partial charge in [0.1, 0.15) is 5.76 Å². The number of hydrogen-bond donors (Lipinski definition) is 2. The van der Waals surface area contributed by atoms with E-state index in [2.05, 4.69) is 26.8 Å². The molecule has 9 nitrogen and oxygen atoms in total. The summed E-state index contributed by atoms with van der Waals surface area (Å²) < 4.78 is 9.85. The Hall–Kier alpha value is -3.58. The van der Waals surface area contributed by atoms with Crippen LogP contribution >= 0.6 is 11.8 Å². The summed E-state index contributed by atoms with van der Waals surface area (Å²) in [4.78, 5) is 28.8. The molecule has 2 aromatic rings. The zero-order valence-electron chi connectivity index (χ0n) is 16.6. The van der Waals surface area contributed by atoms with Crippen LogP contribution in [-0.4, -0.2) is 34.9 Å². The van der Waals surface area contributed by atoms with Crippen molar-refractivity contribution in [2.24, 2.45) is 0 Å². The number of aromatic nitrogens is 2. The molecule has 1 atom stereocenters. The Labute approximate surface area is 177 Å². The Morgan fingerprint density at radius 1 is 1.43 bits per heavy atom. The molecule has 0 radical (unpaired) electrons. The number of nitriles is 1. The first kappa shape index (κ1) is 21.1. The lowest BCUT2D eigenvalue weighted by Gasteiger charge is -2.28. The van der Waals surface area contributed by atoms with E-state index in [1.807, 2.05) is 0 Å². The van der Waals surface area contributed by atoms with Gasteiger partial charge < -0.3 is 19.9 Å². The number of hydrogen-bond acceptors (Lipinski definition) is 9. The highest BCUT2D eigenvalue weighted by atomic mass is 32.2. The molecule has 2 aromatic heterocycles. The van der Waals surface area contributed by atoms with Gasteiger partial charge in [-0.25, -0.2) is 4.79 Å². The molecule has 0 aromatic carbocycles. The minimum absolute atomic E-state index is 0.0278. The van der Waals surface area contributed by atoms with E-state index >= 15 is 0 Å². The number of allylic oxidation sites excluding steroid dienone is 2. The lowest BCUT2D eigenvalue weighted by atomic mass is 9.83. The van der Waals surface area contributed by atoms with Gasteiger partial charge in [0.2, 0.25) is 5.91 Å². The fraction of sp³-hybridized carbons (Fsp3) is 0.250. The average Bonchev–Trinajstić information content (AvgIpc) is 3.16. The number of ether oxygens (including phenoxy) is 1. The minimum atomic E-state index is -0.652. The van der Waals surface area contributed by atoms with Crippen LogP contribution in [0.3, 0.4) is 0 Å². The van der Waals surface area contributed by atoms with Crippen molar-refractivity contribution in [3.8, 4) is 6.07 Å². The van der Waals surface area contributed by atoms with E-state index in [4.69, 9.17) is 9.26 Å². The fourth-order valence-corrected chi connectivity index (χ4v) is 3.92. The van der Waals surface area contributed by atoms with E-state index in [0.29, 0.717) is 39.0 Å². The van der Waals surface area contributed by atoms with Gasteiger partial charge in [-0.15, -0.1) is 0 Å². The number of rotatable bonds is 6. The number of dihydropyridines is 1. The molecule has 0 saturated carbocycles. The Kier molecular flexibility index (Phi) is 6.54. The van der Waals surface area contributed by atoms with Crippen molar-refractivity contribution in [1.82, 2.24) is 15.5 Å². The number of nitrogens with one attached hydrogen (secondary N) is 2. The van der Waals surface area contributed by atoms with Gasteiger partial charge >= 0.3 is 5.97 Å². The molecule has 0 bridgehead atoms. The molecule has 0 spiro atoms. The molecule has 1 unspecified atom stereocenters. The monoisotopic (exact) mass is 425 g/mol. The van der Waals surface area contributed by atoms with Crippen molar-refractivity contribution in [3.05, 3.63) is 63.8 Å². The van der Waals surface area contributed by atoms with E-state index in [0.717, 1.165) is 11.8 Å². The van der Waals surface area contributed by atoms with Crippen LogP contribution in [-0.2, 0) is 14.3 Å². The van der Waals surface area contributed by atoms with Crippen LogP contribution in [0.5, 0.6) is 0 Å². The molecule has 0 fully saturated rings. The number of esters is 1. The minimum Gasteiger partial charge on any atom is -0.466 e. The van der Waals surface area contributed by atoms with Crippen LogP contribution < -0.4 is 10.6 Å². The third kappa shape index (κ3) is 4.52. The summed E-state index contributed by atoms with van der Waals surface area (Å²) in [6.07, 6.45) is 3.21. The number of methoxy groups -OCH3 is 1. The number of nitrogens with zero attached hydrogens (tertiary/aromatic N) is 3. The van der Waals surface area contributed by atoms with Crippen molar-refractivity contribution in [2.75, 3.05) is 18.2 Å². The van der Waals surface area contributed by atoms with Crippen molar-refractivity contribution in [1.29, 1.82) is 5.26 Å². The lowest BCUT2D eigenvalue weighted by Crippen LogP contribution is -2.29. The van der Waals surface area contributed by atoms with Gasteiger partial charge in [0.05, 0.1) is 41.0 Å². The van der Waals surface area contributed by atoms with Crippen LogP contribution in [0, 0.1) is 18.3 Å². The highest BCUT2D eigenvalue weighted by Gasteiger charge is 2.35. The summed E-state index contributed by atoms with van der Waals surface area (Å²) in [6, 6.07) is 7.31. The standard InChI is InChI=1S/C20H19N5O4S/c1-11-7-15(25-29-11)24-16(26)10-30-19-14(8-21)18(13-5-4-6-22-9-13)17(12(2)23-19)20(27)28-3/h4-7,9,18,23H,10H2,1-3H3,(H,24,25,26). The largest absolute Gasteiger partial charge is 0.466 e. The summed E-state index contributed by atoms with van der Waals surface area (Å²) in [5, 5.41) is 19.8. The SMILES string of the molecule is COC(=O)C1=C(C)NC(SCC(=O)Nc2cc(C)on2)=C(C#N)C1c1cccnc1. The quantitative estimate of drug-likeness (QED) is 0.671. The topological polar surface area (TPSA) is 130 Å². The van der Waals surface area contributed by atoms with Crippen molar-refractivity contribution < 1.29 is 18.8 Å². The number of carbonyl (C=O) groups excluding carboxylic acids is 2. The maximum atomic E-state index is 12.4. The van der Waals surface area contributed by atoms with Crippen LogP contribution in [0.15, 0.2) is 57.0 Å². The van der Waals surface area contributed by atoms with Gasteiger partial charge in [-0.05, 0) is 25.5 Å². The lowest BCUT2D eigenvalue weighted by molar-refractivity contribution is -0.136. The summed E-state index contributed by atoms with van der Waals surface area (Å²) in [5.74, 6) is -0.567. The van der Waals surface area contributed by atoms with E-state index in [1.54, 1.807) is 44.4 Å². The Morgan fingerprint density at radius 3 is 2.83 bits per heavy atom. The second kappa shape index (κ2) is 9.28. The molecule has 3 heterocycles. The van der Waals surface area contributed by atoms with Gasteiger partial charge in [0.25, 0.3) is 0 Å². The van der Waals surface area contributed by atoms with Gasteiger partial charge in [-0.3, -0.25) is 9.78 Å². The summed E-state index contributed by atoms with van der Waals surface area (Å²) in [6.45, 7) is 3.45. The van der Waals surface area contributed by atoms with Crippen molar-refractivity contribution in [3.63, 3.8) is 0 Å². The first-order chi connectivity index (χ1) is 14.4. The van der Waals surface area contributed by atoms with Crippen molar-refractivity contribution in [2.45, 2.75) is 19.8 Å². The van der Waals surface area contributed by atoms with Crippen molar-refractivity contribution >= 4 is 29.5 Å². The number of aryl methyl sites for hydroxylation is 1. The first-order valence-electron chi connectivity index (χ1n) is 8.90. The second-order valence-corrected chi connectivity index (χ2v) is 7.37. The molecule has 3 rings (SSSR count). The van der Waals surface area contributed by atoms with Crippen LogP contribution in [0.1, 0.15) is 24.2 Å².